The number of ether oxygens (including phenoxy) is 1. The Hall–Kier alpha value is -2.36. The molecule has 2 N–H and O–H groups in total. The van der Waals surface area contributed by atoms with Gasteiger partial charge < -0.3 is 15.4 Å². The molecule has 7 nitrogen and oxygen atoms in total. The molecular weight excluding hydrogens is 395 g/mol. The van der Waals surface area contributed by atoms with Crippen molar-refractivity contribution in [2.45, 2.75) is 44.9 Å². The first-order valence-corrected chi connectivity index (χ1v) is 10.5. The summed E-state index contributed by atoms with van der Waals surface area (Å²) in [4.78, 5) is 31.6. The van der Waals surface area contributed by atoms with Gasteiger partial charge in [-0.1, -0.05) is 6.07 Å². The summed E-state index contributed by atoms with van der Waals surface area (Å²) in [5.41, 5.74) is 1.84. The highest BCUT2D eigenvalue weighted by atomic mass is 32.1. The Morgan fingerprint density at radius 2 is 2.14 bits per heavy atom. The second-order valence-electron chi connectivity index (χ2n) is 7.62. The molecule has 2 aliphatic rings. The lowest BCUT2D eigenvalue weighted by Crippen LogP contribution is -2.44. The van der Waals surface area contributed by atoms with Crippen molar-refractivity contribution in [2.75, 3.05) is 23.7 Å². The molecule has 0 radical (unpaired) electrons. The number of fused-ring (bicyclic) bond motifs is 1. The van der Waals surface area contributed by atoms with Crippen molar-refractivity contribution < 1.29 is 18.7 Å². The van der Waals surface area contributed by atoms with Gasteiger partial charge >= 0.3 is 0 Å². The highest BCUT2D eigenvalue weighted by molar-refractivity contribution is 7.13. The number of anilines is 2. The fourth-order valence-electron chi connectivity index (χ4n) is 3.94. The van der Waals surface area contributed by atoms with Crippen molar-refractivity contribution in [1.29, 1.82) is 0 Å². The van der Waals surface area contributed by atoms with E-state index in [1.165, 1.54) is 23.5 Å². The SMILES string of the molecule is C[C@@H]1CN(Cc2csc(NC(=O)[C@H]3CC(=O)Nc4cc(F)ccc43)n2)C[C@@H](C)O1. The molecule has 0 aliphatic carbocycles. The molecule has 0 saturated carbocycles. The maximum Gasteiger partial charge on any atom is 0.234 e. The summed E-state index contributed by atoms with van der Waals surface area (Å²) in [6.45, 7) is 6.49. The van der Waals surface area contributed by atoms with Gasteiger partial charge in [0.15, 0.2) is 5.13 Å². The van der Waals surface area contributed by atoms with E-state index in [1.54, 1.807) is 6.07 Å². The van der Waals surface area contributed by atoms with Crippen LogP contribution in [0.25, 0.3) is 0 Å². The standard InChI is InChI=1S/C20H23FN4O3S/c1-11-7-25(8-12(2)28-11)9-14-10-29-20(22-14)24-19(27)16-6-18(26)23-17-5-13(21)3-4-15(16)17/h3-5,10-12,16H,6-9H2,1-2H3,(H,23,26)(H,22,24,27)/t11-,12-,16+/m1/s1. The van der Waals surface area contributed by atoms with E-state index in [2.05, 4.69) is 34.4 Å². The summed E-state index contributed by atoms with van der Waals surface area (Å²) in [7, 11) is 0. The van der Waals surface area contributed by atoms with Gasteiger partial charge in [-0.25, -0.2) is 9.37 Å². The van der Waals surface area contributed by atoms with Crippen LogP contribution < -0.4 is 10.6 Å². The molecule has 0 spiro atoms. The second kappa shape index (κ2) is 8.17. The summed E-state index contributed by atoms with van der Waals surface area (Å²) in [6, 6.07) is 4.07. The van der Waals surface area contributed by atoms with Crippen LogP contribution in [0.2, 0.25) is 0 Å². The molecule has 154 valence electrons. The molecule has 1 aromatic carbocycles. The normalized spacial score (nSPS) is 24.7. The molecule has 1 saturated heterocycles. The van der Waals surface area contributed by atoms with Crippen LogP contribution in [-0.2, 0) is 20.9 Å². The number of hydrogen-bond donors (Lipinski definition) is 2. The summed E-state index contributed by atoms with van der Waals surface area (Å²) in [6.07, 6.45) is 0.379. The van der Waals surface area contributed by atoms with Crippen LogP contribution >= 0.6 is 11.3 Å². The van der Waals surface area contributed by atoms with E-state index in [9.17, 15) is 14.0 Å². The Balaban J connectivity index is 1.43. The Morgan fingerprint density at radius 1 is 1.38 bits per heavy atom. The zero-order chi connectivity index (χ0) is 20.5. The van der Waals surface area contributed by atoms with E-state index in [1.807, 2.05) is 5.38 Å². The number of thiazole rings is 1. The zero-order valence-corrected chi connectivity index (χ0v) is 17.1. The van der Waals surface area contributed by atoms with Crippen LogP contribution in [0.15, 0.2) is 23.6 Å². The third-order valence-corrected chi connectivity index (χ3v) is 5.84. The number of carbonyl (C=O) groups excluding carboxylic acids is 2. The molecule has 2 aliphatic heterocycles. The molecule has 2 aromatic rings. The van der Waals surface area contributed by atoms with Crippen molar-refractivity contribution in [3.05, 3.63) is 40.7 Å². The third kappa shape index (κ3) is 4.63. The smallest absolute Gasteiger partial charge is 0.234 e. The van der Waals surface area contributed by atoms with E-state index >= 15 is 0 Å². The lowest BCUT2D eigenvalue weighted by atomic mass is 9.90. The van der Waals surface area contributed by atoms with Gasteiger partial charge in [0, 0.05) is 37.1 Å². The monoisotopic (exact) mass is 418 g/mol. The van der Waals surface area contributed by atoms with Crippen molar-refractivity contribution >= 4 is 34.0 Å². The number of halogens is 1. The molecular formula is C20H23FN4O3S. The van der Waals surface area contributed by atoms with E-state index < -0.39 is 11.7 Å². The molecule has 1 aromatic heterocycles. The van der Waals surface area contributed by atoms with Crippen molar-refractivity contribution in [3.8, 4) is 0 Å². The summed E-state index contributed by atoms with van der Waals surface area (Å²) >= 11 is 1.36. The van der Waals surface area contributed by atoms with Crippen molar-refractivity contribution in [2.24, 2.45) is 0 Å². The van der Waals surface area contributed by atoms with Crippen LogP contribution in [0, 0.1) is 5.82 Å². The van der Waals surface area contributed by atoms with Crippen molar-refractivity contribution in [1.82, 2.24) is 9.88 Å². The number of amides is 2. The third-order valence-electron chi connectivity index (χ3n) is 5.03. The van der Waals surface area contributed by atoms with E-state index in [-0.39, 0.29) is 30.4 Å². The Morgan fingerprint density at radius 3 is 2.90 bits per heavy atom. The number of rotatable bonds is 4. The number of nitrogens with one attached hydrogen (secondary N) is 2. The quantitative estimate of drug-likeness (QED) is 0.798. The maximum atomic E-state index is 13.5. The van der Waals surface area contributed by atoms with Gasteiger partial charge in [0.25, 0.3) is 0 Å². The number of benzene rings is 1. The van der Waals surface area contributed by atoms with Crippen LogP contribution in [0.5, 0.6) is 0 Å². The minimum Gasteiger partial charge on any atom is -0.373 e. The van der Waals surface area contributed by atoms with E-state index in [4.69, 9.17) is 4.74 Å². The van der Waals surface area contributed by atoms with Crippen LogP contribution in [-0.4, -0.2) is 47.0 Å². The average Bonchev–Trinajstić information content (AvgIpc) is 3.06. The van der Waals surface area contributed by atoms with Gasteiger partial charge in [-0.05, 0) is 31.5 Å². The highest BCUT2D eigenvalue weighted by Crippen LogP contribution is 2.34. The summed E-state index contributed by atoms with van der Waals surface area (Å²) in [5, 5.41) is 7.86. The number of hydrogen-bond acceptors (Lipinski definition) is 6. The lowest BCUT2D eigenvalue weighted by molar-refractivity contribution is -0.123. The average molecular weight is 418 g/mol. The number of carbonyl (C=O) groups is 2. The predicted octanol–water partition coefficient (Wildman–Crippen LogP) is 2.96. The second-order valence-corrected chi connectivity index (χ2v) is 8.48. The fraction of sp³-hybridized carbons (Fsp3) is 0.450. The fourth-order valence-corrected chi connectivity index (χ4v) is 4.65. The molecule has 0 bridgehead atoms. The predicted molar refractivity (Wildman–Crippen MR) is 108 cm³/mol. The van der Waals surface area contributed by atoms with E-state index in [0.717, 1.165) is 18.8 Å². The molecule has 2 amide bonds. The van der Waals surface area contributed by atoms with Gasteiger partial charge in [-0.15, -0.1) is 11.3 Å². The molecule has 9 heteroatoms. The first-order chi connectivity index (χ1) is 13.9. The largest absolute Gasteiger partial charge is 0.373 e. The van der Waals surface area contributed by atoms with Gasteiger partial charge in [-0.2, -0.15) is 0 Å². The Labute approximate surface area is 172 Å². The minimum absolute atomic E-state index is 0.0201. The van der Waals surface area contributed by atoms with E-state index in [0.29, 0.717) is 22.9 Å². The summed E-state index contributed by atoms with van der Waals surface area (Å²) in [5.74, 6) is -1.75. The van der Waals surface area contributed by atoms with Gasteiger partial charge in [-0.3, -0.25) is 14.5 Å². The Bertz CT molecular complexity index is 924. The molecule has 3 atom stereocenters. The lowest BCUT2D eigenvalue weighted by Gasteiger charge is -2.34. The summed E-state index contributed by atoms with van der Waals surface area (Å²) < 4.78 is 19.2. The minimum atomic E-state index is -0.673. The zero-order valence-electron chi connectivity index (χ0n) is 16.3. The molecule has 1 fully saturated rings. The van der Waals surface area contributed by atoms with Gasteiger partial charge in [0.1, 0.15) is 5.82 Å². The van der Waals surface area contributed by atoms with Gasteiger partial charge in [0.05, 0.1) is 23.8 Å². The Kier molecular flexibility index (Phi) is 5.62. The first-order valence-electron chi connectivity index (χ1n) is 9.59. The first kappa shape index (κ1) is 19.9. The molecule has 3 heterocycles. The number of morpholine rings is 1. The highest BCUT2D eigenvalue weighted by Gasteiger charge is 2.31. The van der Waals surface area contributed by atoms with Crippen LogP contribution in [0.3, 0.4) is 0 Å². The van der Waals surface area contributed by atoms with Crippen LogP contribution in [0.4, 0.5) is 15.2 Å². The van der Waals surface area contributed by atoms with Gasteiger partial charge in [0.2, 0.25) is 11.8 Å². The maximum absolute atomic E-state index is 13.5. The molecule has 4 rings (SSSR count). The van der Waals surface area contributed by atoms with Crippen molar-refractivity contribution in [3.63, 3.8) is 0 Å². The topological polar surface area (TPSA) is 83.6 Å². The number of aromatic nitrogens is 1. The van der Waals surface area contributed by atoms with Crippen LogP contribution in [0.1, 0.15) is 37.4 Å². The number of nitrogens with zero attached hydrogens (tertiary/aromatic N) is 2. The molecule has 0 unspecified atom stereocenters. The molecule has 29 heavy (non-hydrogen) atoms.